The average molecular weight is 316 g/mol. The molecule has 1 N–H and O–H groups in total. The van der Waals surface area contributed by atoms with Crippen LogP contribution in [0.3, 0.4) is 0 Å². The zero-order chi connectivity index (χ0) is 14.7. The van der Waals surface area contributed by atoms with E-state index in [1.165, 1.54) is 21.2 Å². The highest BCUT2D eigenvalue weighted by atomic mass is 35.5. The number of hydrogen-bond donors (Lipinski definition) is 1. The predicted molar refractivity (Wildman–Crippen MR) is 93.5 cm³/mol. The summed E-state index contributed by atoms with van der Waals surface area (Å²) in [4.78, 5) is 0. The van der Waals surface area contributed by atoms with E-state index in [0.717, 1.165) is 17.9 Å². The SMILES string of the molecule is CNC(Cc1ccccc1Cl)Cc1csc2ccccc12. The minimum atomic E-state index is 0.392. The van der Waals surface area contributed by atoms with Gasteiger partial charge in [0.25, 0.3) is 0 Å². The van der Waals surface area contributed by atoms with Crippen LogP contribution in [0.1, 0.15) is 11.1 Å². The maximum absolute atomic E-state index is 6.28. The fourth-order valence-electron chi connectivity index (χ4n) is 2.66. The van der Waals surface area contributed by atoms with E-state index in [0.29, 0.717) is 6.04 Å². The predicted octanol–water partition coefficient (Wildman–Crippen LogP) is 4.93. The molecular formula is C18H18ClNS. The lowest BCUT2D eigenvalue weighted by Gasteiger charge is -2.17. The Kier molecular flexibility index (Phi) is 4.59. The van der Waals surface area contributed by atoms with Gasteiger partial charge in [-0.1, -0.05) is 48.0 Å². The highest BCUT2D eigenvalue weighted by Gasteiger charge is 2.13. The van der Waals surface area contributed by atoms with E-state index in [1.54, 1.807) is 0 Å². The van der Waals surface area contributed by atoms with E-state index >= 15 is 0 Å². The van der Waals surface area contributed by atoms with Gasteiger partial charge < -0.3 is 5.32 Å². The van der Waals surface area contributed by atoms with Crippen LogP contribution in [0.25, 0.3) is 10.1 Å². The largest absolute Gasteiger partial charge is 0.316 e. The molecule has 1 atom stereocenters. The first-order valence-electron chi connectivity index (χ1n) is 7.13. The number of rotatable bonds is 5. The van der Waals surface area contributed by atoms with Crippen LogP contribution in [0.2, 0.25) is 5.02 Å². The Hall–Kier alpha value is -1.35. The molecule has 0 bridgehead atoms. The monoisotopic (exact) mass is 315 g/mol. The van der Waals surface area contributed by atoms with E-state index in [4.69, 9.17) is 11.6 Å². The van der Waals surface area contributed by atoms with Gasteiger partial charge >= 0.3 is 0 Å². The minimum Gasteiger partial charge on any atom is -0.316 e. The van der Waals surface area contributed by atoms with E-state index in [-0.39, 0.29) is 0 Å². The summed E-state index contributed by atoms with van der Waals surface area (Å²) in [6, 6.07) is 17.1. The zero-order valence-corrected chi connectivity index (χ0v) is 13.5. The maximum Gasteiger partial charge on any atom is 0.0438 e. The molecule has 2 aromatic carbocycles. The number of hydrogen-bond acceptors (Lipinski definition) is 2. The summed E-state index contributed by atoms with van der Waals surface area (Å²) in [7, 11) is 2.02. The van der Waals surface area contributed by atoms with Crippen molar-refractivity contribution < 1.29 is 0 Å². The van der Waals surface area contributed by atoms with Crippen molar-refractivity contribution in [3.05, 3.63) is 70.1 Å². The first-order valence-corrected chi connectivity index (χ1v) is 8.39. The first kappa shape index (κ1) is 14.6. The number of benzene rings is 2. The lowest BCUT2D eigenvalue weighted by Crippen LogP contribution is -2.29. The molecular weight excluding hydrogens is 298 g/mol. The smallest absolute Gasteiger partial charge is 0.0438 e. The third-order valence-corrected chi connectivity index (χ3v) is 5.24. The second kappa shape index (κ2) is 6.61. The molecule has 108 valence electrons. The minimum absolute atomic E-state index is 0.392. The maximum atomic E-state index is 6.28. The molecule has 0 radical (unpaired) electrons. The summed E-state index contributed by atoms with van der Waals surface area (Å²) < 4.78 is 1.36. The van der Waals surface area contributed by atoms with Crippen molar-refractivity contribution in [1.29, 1.82) is 0 Å². The van der Waals surface area contributed by atoms with Crippen LogP contribution in [0.5, 0.6) is 0 Å². The van der Waals surface area contributed by atoms with Gasteiger partial charge in [-0.15, -0.1) is 11.3 Å². The van der Waals surface area contributed by atoms with Crippen molar-refractivity contribution in [2.75, 3.05) is 7.05 Å². The average Bonchev–Trinajstić information content (AvgIpc) is 2.92. The van der Waals surface area contributed by atoms with Crippen molar-refractivity contribution in [3.8, 4) is 0 Å². The first-order chi connectivity index (χ1) is 10.3. The van der Waals surface area contributed by atoms with Crippen molar-refractivity contribution >= 4 is 33.0 Å². The Morgan fingerprint density at radius 1 is 1.00 bits per heavy atom. The summed E-state index contributed by atoms with van der Waals surface area (Å²) in [6.45, 7) is 0. The number of halogens is 1. The Labute approximate surface area is 134 Å². The summed E-state index contributed by atoms with van der Waals surface area (Å²) in [5.74, 6) is 0. The van der Waals surface area contributed by atoms with Crippen LogP contribution in [-0.2, 0) is 12.8 Å². The molecule has 1 aromatic heterocycles. The molecule has 0 aliphatic carbocycles. The van der Waals surface area contributed by atoms with Gasteiger partial charge in [-0.3, -0.25) is 0 Å². The topological polar surface area (TPSA) is 12.0 Å². The number of likely N-dealkylation sites (N-methyl/N-ethyl adjacent to an activating group) is 1. The van der Waals surface area contributed by atoms with E-state index in [1.807, 2.05) is 36.6 Å². The highest BCUT2D eigenvalue weighted by molar-refractivity contribution is 7.17. The highest BCUT2D eigenvalue weighted by Crippen LogP contribution is 2.27. The number of fused-ring (bicyclic) bond motifs is 1. The third kappa shape index (κ3) is 3.29. The van der Waals surface area contributed by atoms with E-state index in [9.17, 15) is 0 Å². The number of thiophene rings is 1. The fraction of sp³-hybridized carbons (Fsp3) is 0.222. The molecule has 3 aromatic rings. The molecule has 0 aliphatic rings. The molecule has 21 heavy (non-hydrogen) atoms. The van der Waals surface area contributed by atoms with Crippen LogP contribution in [0, 0.1) is 0 Å². The van der Waals surface area contributed by atoms with Crippen LogP contribution in [0.15, 0.2) is 53.9 Å². The Morgan fingerprint density at radius 3 is 2.52 bits per heavy atom. The molecule has 0 spiro atoms. The lowest BCUT2D eigenvalue weighted by atomic mass is 9.99. The third-order valence-electron chi connectivity index (χ3n) is 3.86. The van der Waals surface area contributed by atoms with Crippen molar-refractivity contribution in [1.82, 2.24) is 5.32 Å². The van der Waals surface area contributed by atoms with Crippen molar-refractivity contribution in [3.63, 3.8) is 0 Å². The van der Waals surface area contributed by atoms with Gasteiger partial charge in [-0.2, -0.15) is 0 Å². The normalized spacial score (nSPS) is 12.7. The summed E-state index contributed by atoms with van der Waals surface area (Å²) >= 11 is 8.10. The molecule has 0 fully saturated rings. The quantitative estimate of drug-likeness (QED) is 0.704. The number of nitrogens with one attached hydrogen (secondary N) is 1. The Balaban J connectivity index is 1.80. The second-order valence-corrected chi connectivity index (χ2v) is 6.56. The summed E-state index contributed by atoms with van der Waals surface area (Å²) in [5, 5.41) is 7.94. The molecule has 0 saturated carbocycles. The molecule has 1 heterocycles. The van der Waals surface area contributed by atoms with E-state index < -0.39 is 0 Å². The molecule has 0 saturated heterocycles. The molecule has 3 heteroatoms. The molecule has 1 unspecified atom stereocenters. The van der Waals surface area contributed by atoms with Gasteiger partial charge in [0.15, 0.2) is 0 Å². The van der Waals surface area contributed by atoms with Crippen LogP contribution in [-0.4, -0.2) is 13.1 Å². The molecule has 3 rings (SSSR count). The van der Waals surface area contributed by atoms with Crippen molar-refractivity contribution in [2.45, 2.75) is 18.9 Å². The van der Waals surface area contributed by atoms with Gasteiger partial charge in [0, 0.05) is 15.8 Å². The molecule has 0 amide bonds. The Morgan fingerprint density at radius 2 is 1.71 bits per heavy atom. The summed E-state index contributed by atoms with van der Waals surface area (Å²) in [6.07, 6.45) is 1.96. The van der Waals surface area contributed by atoms with Gasteiger partial charge in [-0.05, 0) is 53.9 Å². The second-order valence-electron chi connectivity index (χ2n) is 5.24. The molecule has 0 aliphatic heterocycles. The molecule has 1 nitrogen and oxygen atoms in total. The zero-order valence-electron chi connectivity index (χ0n) is 12.0. The van der Waals surface area contributed by atoms with Gasteiger partial charge in [-0.25, -0.2) is 0 Å². The summed E-state index contributed by atoms with van der Waals surface area (Å²) in [5.41, 5.74) is 2.63. The standard InChI is InChI=1S/C18H18ClNS/c1-20-15(10-13-6-2-4-8-17(13)19)11-14-12-21-18-9-5-3-7-16(14)18/h2-9,12,15,20H,10-11H2,1H3. The van der Waals surface area contributed by atoms with Crippen LogP contribution < -0.4 is 5.32 Å². The van der Waals surface area contributed by atoms with Crippen molar-refractivity contribution in [2.24, 2.45) is 0 Å². The van der Waals surface area contributed by atoms with Gasteiger partial charge in [0.05, 0.1) is 0 Å². The van der Waals surface area contributed by atoms with Gasteiger partial charge in [0.1, 0.15) is 0 Å². The Bertz CT molecular complexity index is 735. The lowest BCUT2D eigenvalue weighted by molar-refractivity contribution is 0.558. The fourth-order valence-corrected chi connectivity index (χ4v) is 3.85. The van der Waals surface area contributed by atoms with E-state index in [2.05, 4.69) is 41.0 Å². The van der Waals surface area contributed by atoms with Crippen LogP contribution >= 0.6 is 22.9 Å². The van der Waals surface area contributed by atoms with Crippen LogP contribution in [0.4, 0.5) is 0 Å². The van der Waals surface area contributed by atoms with Gasteiger partial charge in [0.2, 0.25) is 0 Å².